The molecule has 19 heavy (non-hydrogen) atoms. The molecule has 3 aromatic rings. The molecule has 4 heteroatoms. The summed E-state index contributed by atoms with van der Waals surface area (Å²) in [7, 11) is 0. The standard InChI is InChI=1S/C15H16N2O2/c16-8-10(18)9-19-14-7-3-6-13-15(14)11-4-1-2-5-12(11)17-13/h1-7,10,17-18H,8-9,16H2/i8D2,9D2,10D. The lowest BCUT2D eigenvalue weighted by atomic mass is 10.1. The van der Waals surface area contributed by atoms with E-state index in [0.29, 0.717) is 10.9 Å². The number of nitrogens with one attached hydrogen (secondary N) is 1. The van der Waals surface area contributed by atoms with E-state index in [1.165, 1.54) is 6.07 Å². The highest BCUT2D eigenvalue weighted by Crippen LogP contribution is 2.32. The topological polar surface area (TPSA) is 71.3 Å². The average Bonchev–Trinajstić information content (AvgIpc) is 2.85. The van der Waals surface area contributed by atoms with Crippen molar-refractivity contribution in [3.05, 3.63) is 42.5 Å². The molecule has 0 bridgehead atoms. The van der Waals surface area contributed by atoms with Gasteiger partial charge in [-0.05, 0) is 18.2 Å². The monoisotopic (exact) mass is 261 g/mol. The molecule has 0 aliphatic heterocycles. The summed E-state index contributed by atoms with van der Waals surface area (Å²) < 4.78 is 43.1. The highest BCUT2D eigenvalue weighted by atomic mass is 16.5. The average molecular weight is 261 g/mol. The molecular weight excluding hydrogens is 240 g/mol. The minimum absolute atomic E-state index is 0.0740. The molecule has 0 aliphatic carbocycles. The fraction of sp³-hybridized carbons (Fsp3) is 0.200. The lowest BCUT2D eigenvalue weighted by Gasteiger charge is -2.11. The Balaban J connectivity index is 2.14. The summed E-state index contributed by atoms with van der Waals surface area (Å²) in [5, 5.41) is 11.3. The zero-order chi connectivity index (χ0) is 17.8. The van der Waals surface area contributed by atoms with Gasteiger partial charge in [-0.15, -0.1) is 0 Å². The maximum atomic E-state index is 9.93. The Hall–Kier alpha value is -2.04. The molecule has 2 aromatic carbocycles. The maximum absolute atomic E-state index is 9.93. The van der Waals surface area contributed by atoms with E-state index >= 15 is 0 Å². The van der Waals surface area contributed by atoms with Crippen molar-refractivity contribution >= 4 is 21.8 Å². The van der Waals surface area contributed by atoms with Crippen molar-refractivity contribution in [3.63, 3.8) is 0 Å². The van der Waals surface area contributed by atoms with Crippen molar-refractivity contribution in [1.82, 2.24) is 4.98 Å². The van der Waals surface area contributed by atoms with Crippen LogP contribution in [0.25, 0.3) is 21.8 Å². The number of benzene rings is 2. The largest absolute Gasteiger partial charge is 0.490 e. The van der Waals surface area contributed by atoms with Crippen LogP contribution in [0.1, 0.15) is 6.85 Å². The third-order valence-corrected chi connectivity index (χ3v) is 2.89. The molecular formula is C15H16N2O2. The first-order valence-corrected chi connectivity index (χ1v) is 5.74. The minimum Gasteiger partial charge on any atom is -0.490 e. The molecule has 0 saturated heterocycles. The Morgan fingerprint density at radius 1 is 1.26 bits per heavy atom. The number of H-pyrrole nitrogens is 1. The zero-order valence-electron chi connectivity index (χ0n) is 15.0. The SMILES string of the molecule is [2H]C([2H])(N)C([2H])(O)C([2H])([2H])Oc1cccc2[nH]c3ccccc3c12. The van der Waals surface area contributed by atoms with Gasteiger partial charge < -0.3 is 20.6 Å². The molecule has 98 valence electrons. The number of para-hydroxylation sites is 1. The quantitative estimate of drug-likeness (QED) is 0.673. The number of aromatic amines is 1. The van der Waals surface area contributed by atoms with Crippen LogP contribution in [0.4, 0.5) is 0 Å². The number of aliphatic hydroxyl groups is 1. The van der Waals surface area contributed by atoms with Crippen LogP contribution in [0.15, 0.2) is 42.5 Å². The summed E-state index contributed by atoms with van der Waals surface area (Å²) in [4.78, 5) is 3.16. The number of hydrogen-bond donors (Lipinski definition) is 3. The summed E-state index contributed by atoms with van der Waals surface area (Å²) in [6, 6.07) is 12.3. The van der Waals surface area contributed by atoms with Crippen molar-refractivity contribution in [1.29, 1.82) is 0 Å². The molecule has 4 N–H and O–H groups in total. The fourth-order valence-electron chi connectivity index (χ4n) is 2.09. The number of hydrogen-bond acceptors (Lipinski definition) is 3. The molecule has 1 atom stereocenters. The van der Waals surface area contributed by atoms with Gasteiger partial charge in [0.2, 0.25) is 0 Å². The minimum atomic E-state index is -3.31. The fourth-order valence-corrected chi connectivity index (χ4v) is 2.09. The first-order valence-electron chi connectivity index (χ1n) is 8.24. The smallest absolute Gasteiger partial charge is 0.129 e. The van der Waals surface area contributed by atoms with Crippen molar-refractivity contribution in [2.75, 3.05) is 13.1 Å². The van der Waals surface area contributed by atoms with Gasteiger partial charge in [0.15, 0.2) is 0 Å². The second-order valence-corrected chi connectivity index (χ2v) is 4.05. The van der Waals surface area contributed by atoms with Gasteiger partial charge in [0.25, 0.3) is 0 Å². The normalized spacial score (nSPS) is 20.0. The maximum Gasteiger partial charge on any atom is 0.129 e. The lowest BCUT2D eigenvalue weighted by Crippen LogP contribution is -2.26. The molecule has 0 fully saturated rings. The molecule has 3 rings (SSSR count). The van der Waals surface area contributed by atoms with Crippen LogP contribution in [0.3, 0.4) is 0 Å². The first-order chi connectivity index (χ1) is 11.0. The summed E-state index contributed by atoms with van der Waals surface area (Å²) >= 11 is 0. The van der Waals surface area contributed by atoms with Crippen molar-refractivity contribution in [2.45, 2.75) is 6.08 Å². The molecule has 0 amide bonds. The predicted molar refractivity (Wildman–Crippen MR) is 76.4 cm³/mol. The second kappa shape index (κ2) is 4.91. The zero-order valence-corrected chi connectivity index (χ0v) is 9.97. The van der Waals surface area contributed by atoms with Crippen molar-refractivity contribution in [3.8, 4) is 5.75 Å². The van der Waals surface area contributed by atoms with Gasteiger partial charge in [-0.1, -0.05) is 24.3 Å². The molecule has 1 aromatic heterocycles. The molecule has 1 heterocycles. The first kappa shape index (κ1) is 7.53. The number of fused-ring (bicyclic) bond motifs is 3. The van der Waals surface area contributed by atoms with Gasteiger partial charge in [0.05, 0.1) is 9.63 Å². The molecule has 0 radical (unpaired) electrons. The van der Waals surface area contributed by atoms with Gasteiger partial charge in [-0.25, -0.2) is 0 Å². The Morgan fingerprint density at radius 2 is 2.05 bits per heavy atom. The number of ether oxygens (including phenoxy) is 1. The predicted octanol–water partition coefficient (Wildman–Crippen LogP) is 2.02. The van der Waals surface area contributed by atoms with E-state index in [0.717, 1.165) is 10.9 Å². The Morgan fingerprint density at radius 3 is 2.89 bits per heavy atom. The highest BCUT2D eigenvalue weighted by molar-refractivity contribution is 6.10. The molecule has 1 unspecified atom stereocenters. The van der Waals surface area contributed by atoms with Crippen LogP contribution in [0.2, 0.25) is 0 Å². The Bertz CT molecular complexity index is 902. The van der Waals surface area contributed by atoms with Crippen molar-refractivity contribution in [2.24, 2.45) is 5.73 Å². The molecule has 0 saturated carbocycles. The van der Waals surface area contributed by atoms with E-state index in [9.17, 15) is 5.11 Å². The number of aromatic nitrogens is 1. The lowest BCUT2D eigenvalue weighted by molar-refractivity contribution is 0.115. The third-order valence-electron chi connectivity index (χ3n) is 2.89. The van der Waals surface area contributed by atoms with E-state index in [2.05, 4.69) is 4.98 Å². The van der Waals surface area contributed by atoms with Gasteiger partial charge in [0.1, 0.15) is 18.4 Å². The van der Waals surface area contributed by atoms with E-state index in [1.807, 2.05) is 24.3 Å². The van der Waals surface area contributed by atoms with E-state index in [-0.39, 0.29) is 5.75 Å². The van der Waals surface area contributed by atoms with E-state index < -0.39 is 19.1 Å². The van der Waals surface area contributed by atoms with Crippen LogP contribution >= 0.6 is 0 Å². The molecule has 0 aliphatic rings. The molecule has 0 spiro atoms. The van der Waals surface area contributed by atoms with Gasteiger partial charge in [0, 0.05) is 25.5 Å². The molecule has 4 nitrogen and oxygen atoms in total. The third kappa shape index (κ3) is 2.16. The van der Waals surface area contributed by atoms with Crippen LogP contribution in [0, 0.1) is 0 Å². The summed E-state index contributed by atoms with van der Waals surface area (Å²) in [6.07, 6.45) is -3.31. The summed E-state index contributed by atoms with van der Waals surface area (Å²) in [5.74, 6) is 0.0740. The van der Waals surface area contributed by atoms with Crippen LogP contribution in [-0.2, 0) is 0 Å². The Kier molecular flexibility index (Phi) is 1.95. The number of rotatable bonds is 4. The summed E-state index contributed by atoms with van der Waals surface area (Å²) in [5.41, 5.74) is 6.61. The van der Waals surface area contributed by atoms with Crippen LogP contribution in [-0.4, -0.2) is 29.2 Å². The van der Waals surface area contributed by atoms with Crippen LogP contribution in [0.5, 0.6) is 5.75 Å². The van der Waals surface area contributed by atoms with Crippen molar-refractivity contribution < 1.29 is 16.7 Å². The number of nitrogens with two attached hydrogens (primary N) is 1. The Labute approximate surface area is 117 Å². The second-order valence-electron chi connectivity index (χ2n) is 4.05. The van der Waals surface area contributed by atoms with Crippen LogP contribution < -0.4 is 10.5 Å². The highest BCUT2D eigenvalue weighted by Gasteiger charge is 2.10. The van der Waals surface area contributed by atoms with Gasteiger partial charge in [-0.2, -0.15) is 0 Å². The van der Waals surface area contributed by atoms with E-state index in [1.54, 1.807) is 12.1 Å². The van der Waals surface area contributed by atoms with Gasteiger partial charge >= 0.3 is 0 Å². The van der Waals surface area contributed by atoms with E-state index in [4.69, 9.17) is 17.3 Å². The van der Waals surface area contributed by atoms with Gasteiger partial charge in [-0.3, -0.25) is 0 Å². The summed E-state index contributed by atoms with van der Waals surface area (Å²) in [6.45, 7) is -6.11.